The normalized spacial score (nSPS) is 12.8. The van der Waals surface area contributed by atoms with Crippen molar-refractivity contribution in [3.63, 3.8) is 0 Å². The van der Waals surface area contributed by atoms with Crippen molar-refractivity contribution < 1.29 is 0 Å². The number of hydrogen-bond donors (Lipinski definition) is 1. The summed E-state index contributed by atoms with van der Waals surface area (Å²) in [7, 11) is 0. The van der Waals surface area contributed by atoms with Gasteiger partial charge in [-0.15, -0.1) is 0 Å². The minimum absolute atomic E-state index is 0.119. The van der Waals surface area contributed by atoms with Crippen LogP contribution in [0.3, 0.4) is 0 Å². The summed E-state index contributed by atoms with van der Waals surface area (Å²) in [6.45, 7) is 2.77. The van der Waals surface area contributed by atoms with Crippen LogP contribution in [0.5, 0.6) is 0 Å². The molecule has 0 saturated carbocycles. The number of benzene rings is 1. The Morgan fingerprint density at radius 2 is 2.06 bits per heavy atom. The van der Waals surface area contributed by atoms with Crippen molar-refractivity contribution in [1.29, 1.82) is 0 Å². The van der Waals surface area contributed by atoms with Gasteiger partial charge in [-0.05, 0) is 24.6 Å². The third kappa shape index (κ3) is 2.30. The molecule has 1 unspecified atom stereocenters. The molecule has 2 N–H and O–H groups in total. The highest BCUT2D eigenvalue weighted by molar-refractivity contribution is 7.16. The Balaban J connectivity index is 2.64. The molecule has 0 bridgehead atoms. The van der Waals surface area contributed by atoms with E-state index >= 15 is 0 Å². The van der Waals surface area contributed by atoms with E-state index in [0.29, 0.717) is 18.5 Å². The molecule has 0 fully saturated rings. The summed E-state index contributed by atoms with van der Waals surface area (Å²) in [5.41, 5.74) is 5.30. The molecule has 17 heavy (non-hydrogen) atoms. The number of rotatable bonds is 3. The summed E-state index contributed by atoms with van der Waals surface area (Å²) in [6, 6.07) is 7.17. The van der Waals surface area contributed by atoms with Gasteiger partial charge in [0.2, 0.25) is 0 Å². The van der Waals surface area contributed by atoms with Gasteiger partial charge in [-0.2, -0.15) is 0 Å². The molecule has 90 valence electrons. The van der Waals surface area contributed by atoms with Gasteiger partial charge in [0.15, 0.2) is 0 Å². The van der Waals surface area contributed by atoms with E-state index in [1.165, 1.54) is 4.57 Å². The van der Waals surface area contributed by atoms with Gasteiger partial charge in [-0.1, -0.05) is 30.4 Å². The lowest BCUT2D eigenvalue weighted by molar-refractivity contribution is 0.479. The van der Waals surface area contributed by atoms with Gasteiger partial charge in [-0.25, -0.2) is 0 Å². The summed E-state index contributed by atoms with van der Waals surface area (Å²) >= 11 is 1.10. The Morgan fingerprint density at radius 3 is 2.76 bits per heavy atom. The maximum absolute atomic E-state index is 12.1. The summed E-state index contributed by atoms with van der Waals surface area (Å²) in [5, 5.41) is 0.598. The lowest BCUT2D eigenvalue weighted by atomic mass is 10.2. The molecule has 1 atom stereocenters. The molecule has 0 aliphatic carbocycles. The van der Waals surface area contributed by atoms with Crippen LogP contribution in [0, 0.1) is 5.92 Å². The van der Waals surface area contributed by atoms with E-state index in [2.05, 4.69) is 0 Å². The van der Waals surface area contributed by atoms with Gasteiger partial charge < -0.3 is 5.73 Å². The summed E-state index contributed by atoms with van der Waals surface area (Å²) in [4.78, 5) is 23.8. The third-order valence-electron chi connectivity index (χ3n) is 2.68. The topological polar surface area (TPSA) is 65.1 Å². The molecule has 0 amide bonds. The largest absolute Gasteiger partial charge is 0.330 e. The fourth-order valence-electron chi connectivity index (χ4n) is 1.65. The molecule has 2 aromatic rings. The van der Waals surface area contributed by atoms with Crippen molar-refractivity contribution in [3.8, 4) is 0 Å². The highest BCUT2D eigenvalue weighted by atomic mass is 32.1. The highest BCUT2D eigenvalue weighted by Gasteiger charge is 2.09. The minimum Gasteiger partial charge on any atom is -0.330 e. The first-order valence-corrected chi connectivity index (χ1v) is 6.28. The zero-order valence-electron chi connectivity index (χ0n) is 9.55. The van der Waals surface area contributed by atoms with Crippen LogP contribution in [0.1, 0.15) is 6.92 Å². The Morgan fingerprint density at radius 1 is 1.35 bits per heavy atom. The summed E-state index contributed by atoms with van der Waals surface area (Å²) in [6.07, 6.45) is 0. The van der Waals surface area contributed by atoms with E-state index in [-0.39, 0.29) is 16.4 Å². The quantitative estimate of drug-likeness (QED) is 0.884. The fraction of sp³-hybridized carbons (Fsp3) is 0.333. The van der Waals surface area contributed by atoms with Crippen molar-refractivity contribution in [1.82, 2.24) is 4.57 Å². The summed E-state index contributed by atoms with van der Waals surface area (Å²) in [5.74, 6) is 0.119. The van der Waals surface area contributed by atoms with Gasteiger partial charge in [0.25, 0.3) is 5.56 Å². The van der Waals surface area contributed by atoms with Gasteiger partial charge >= 0.3 is 4.87 Å². The second kappa shape index (κ2) is 4.81. The van der Waals surface area contributed by atoms with Crippen molar-refractivity contribution in [2.45, 2.75) is 13.5 Å². The van der Waals surface area contributed by atoms with Crippen LogP contribution in [0.25, 0.3) is 10.1 Å². The number of aromatic nitrogens is 1. The predicted octanol–water partition coefficient (Wildman–Crippen LogP) is 1.02. The average molecular weight is 250 g/mol. The first-order valence-electron chi connectivity index (χ1n) is 5.46. The maximum Gasteiger partial charge on any atom is 0.310 e. The van der Waals surface area contributed by atoms with Crippen molar-refractivity contribution in [2.24, 2.45) is 11.7 Å². The number of fused-ring (bicyclic) bond motifs is 1. The molecule has 0 spiro atoms. The summed E-state index contributed by atoms with van der Waals surface area (Å²) < 4.78 is 2.02. The SMILES string of the molecule is CC(CN)Cn1c(=O)sc2ccccc2c1=O. The fourth-order valence-corrected chi connectivity index (χ4v) is 2.52. The molecule has 1 aromatic heterocycles. The van der Waals surface area contributed by atoms with Gasteiger partial charge in [0, 0.05) is 11.2 Å². The van der Waals surface area contributed by atoms with Crippen LogP contribution in [0.2, 0.25) is 0 Å². The highest BCUT2D eigenvalue weighted by Crippen LogP contribution is 2.11. The number of nitrogens with zero attached hydrogens (tertiary/aromatic N) is 1. The molecule has 0 aliphatic rings. The van der Waals surface area contributed by atoms with Crippen LogP contribution in [0.15, 0.2) is 33.9 Å². The lowest BCUT2D eigenvalue weighted by Gasteiger charge is -2.10. The van der Waals surface area contributed by atoms with E-state index in [4.69, 9.17) is 5.73 Å². The Labute approximate surface area is 102 Å². The maximum atomic E-state index is 12.1. The first kappa shape index (κ1) is 12.0. The Kier molecular flexibility index (Phi) is 3.40. The first-order chi connectivity index (χ1) is 8.13. The molecule has 1 aromatic carbocycles. The van der Waals surface area contributed by atoms with E-state index in [0.717, 1.165) is 16.0 Å². The molecule has 2 rings (SSSR count). The Hall–Kier alpha value is -1.46. The minimum atomic E-state index is -0.218. The van der Waals surface area contributed by atoms with Crippen LogP contribution in [-0.4, -0.2) is 11.1 Å². The third-order valence-corrected chi connectivity index (χ3v) is 3.65. The van der Waals surface area contributed by atoms with Crippen molar-refractivity contribution >= 4 is 21.4 Å². The van der Waals surface area contributed by atoms with Gasteiger partial charge in [-0.3, -0.25) is 14.2 Å². The van der Waals surface area contributed by atoms with E-state index in [9.17, 15) is 9.59 Å². The van der Waals surface area contributed by atoms with Gasteiger partial charge in [0.1, 0.15) is 0 Å². The molecule has 1 heterocycles. The zero-order valence-corrected chi connectivity index (χ0v) is 10.4. The van der Waals surface area contributed by atoms with Crippen LogP contribution < -0.4 is 16.2 Å². The van der Waals surface area contributed by atoms with Crippen LogP contribution in [-0.2, 0) is 6.54 Å². The van der Waals surface area contributed by atoms with Crippen LogP contribution >= 0.6 is 11.3 Å². The molecule has 4 nitrogen and oxygen atoms in total. The monoisotopic (exact) mass is 250 g/mol. The smallest absolute Gasteiger partial charge is 0.310 e. The van der Waals surface area contributed by atoms with Crippen LogP contribution in [0.4, 0.5) is 0 Å². The molecule has 0 radical (unpaired) electrons. The van der Waals surface area contributed by atoms with E-state index in [1.54, 1.807) is 18.2 Å². The molecule has 0 saturated heterocycles. The second-order valence-corrected chi connectivity index (χ2v) is 5.11. The molecule has 5 heteroatoms. The van der Waals surface area contributed by atoms with Crippen molar-refractivity contribution in [3.05, 3.63) is 44.3 Å². The number of hydrogen-bond acceptors (Lipinski definition) is 4. The van der Waals surface area contributed by atoms with Gasteiger partial charge in [0.05, 0.1) is 5.39 Å². The second-order valence-electron chi connectivity index (χ2n) is 4.12. The number of nitrogens with two attached hydrogens (primary N) is 1. The Bertz CT molecular complexity index is 645. The standard InChI is InChI=1S/C12H14N2O2S/c1-8(6-13)7-14-11(15)9-4-2-3-5-10(9)17-12(14)16/h2-5,8H,6-7,13H2,1H3. The van der Waals surface area contributed by atoms with E-state index < -0.39 is 0 Å². The average Bonchev–Trinajstić information content (AvgIpc) is 2.34. The van der Waals surface area contributed by atoms with Crippen molar-refractivity contribution in [2.75, 3.05) is 6.54 Å². The van der Waals surface area contributed by atoms with E-state index in [1.807, 2.05) is 13.0 Å². The predicted molar refractivity (Wildman–Crippen MR) is 70.6 cm³/mol. The molecular weight excluding hydrogens is 236 g/mol. The lowest BCUT2D eigenvalue weighted by Crippen LogP contribution is -2.34. The zero-order chi connectivity index (χ0) is 12.4. The molecule has 0 aliphatic heterocycles. The molecular formula is C12H14N2O2S.